The summed E-state index contributed by atoms with van der Waals surface area (Å²) in [7, 11) is -5.49. The third kappa shape index (κ3) is 17.0. The van der Waals surface area contributed by atoms with E-state index in [1.54, 1.807) is 0 Å². The van der Waals surface area contributed by atoms with E-state index in [9.17, 15) is 14.9 Å². The average Bonchev–Trinajstić information content (AvgIpc) is 3.55. The molecule has 2 rings (SSSR count). The molecule has 9 nitrogen and oxygen atoms in total. The quantitative estimate of drug-likeness (QED) is 0.0172. The fourth-order valence-corrected chi connectivity index (χ4v) is 17.8. The Morgan fingerprint density at radius 2 is 1.26 bits per heavy atom. The van der Waals surface area contributed by atoms with E-state index < -0.39 is 30.0 Å². The van der Waals surface area contributed by atoms with Crippen LogP contribution in [0.4, 0.5) is 0 Å². The van der Waals surface area contributed by atoms with Gasteiger partial charge in [0.05, 0.1) is 31.5 Å². The molecule has 5 atom stereocenters. The Balaban J connectivity index is 2.24. The van der Waals surface area contributed by atoms with Gasteiger partial charge in [0.1, 0.15) is 0 Å². The number of esters is 1. The lowest BCUT2D eigenvalue weighted by atomic mass is 9.86. The summed E-state index contributed by atoms with van der Waals surface area (Å²) in [5.74, 6) is 0.641. The van der Waals surface area contributed by atoms with E-state index >= 15 is 0 Å². The van der Waals surface area contributed by atoms with Gasteiger partial charge < -0.3 is 22.9 Å². The van der Waals surface area contributed by atoms with Crippen molar-refractivity contribution in [3.63, 3.8) is 0 Å². The number of nitrogens with zero attached hydrogens (tertiary/aromatic N) is 1. The summed E-state index contributed by atoms with van der Waals surface area (Å²) in [6, 6.07) is 21.3. The minimum absolute atomic E-state index is 0.0236. The highest BCUT2D eigenvalue weighted by atomic mass is 28.4. The van der Waals surface area contributed by atoms with Crippen molar-refractivity contribution in [3.05, 3.63) is 58.2 Å². The third-order valence-corrected chi connectivity index (χ3v) is 27.7. The van der Waals surface area contributed by atoms with Gasteiger partial charge in [-0.25, -0.2) is 0 Å². The molecule has 0 saturated heterocycles. The summed E-state index contributed by atoms with van der Waals surface area (Å²) in [6.07, 6.45) is 14.6. The zero-order chi connectivity index (χ0) is 42.2. The predicted octanol–water partition coefficient (Wildman–Crippen LogP) is 13.4. The maximum absolute atomic E-state index is 12.3. The first-order chi connectivity index (χ1) is 27.5. The molecule has 0 bridgehead atoms. The Kier molecular flexibility index (Phi) is 25.0. The van der Waals surface area contributed by atoms with Crippen molar-refractivity contribution >= 4 is 30.9 Å². The molecule has 0 amide bonds. The molecule has 0 aliphatic heterocycles. The highest BCUT2D eigenvalue weighted by Gasteiger charge is 2.48. The molecule has 0 radical (unpaired) electrons. The largest absolute Gasteiger partial charge is 0.466 e. The molecule has 57 heavy (non-hydrogen) atoms. The Bertz CT molecular complexity index is 1230. The van der Waals surface area contributed by atoms with E-state index in [4.69, 9.17) is 18.0 Å². The van der Waals surface area contributed by atoms with Crippen LogP contribution in [0.15, 0.2) is 42.5 Å². The summed E-state index contributed by atoms with van der Waals surface area (Å²) in [5.41, 5.74) is 1.32. The Hall–Kier alpha value is -1.84. The van der Waals surface area contributed by atoms with Crippen LogP contribution in [0.3, 0.4) is 0 Å². The monoisotopic (exact) mass is 850 g/mol. The lowest BCUT2D eigenvalue weighted by Crippen LogP contribution is -2.42. The molecule has 1 aliphatic rings. The van der Waals surface area contributed by atoms with E-state index in [1.165, 1.54) is 5.56 Å². The normalized spacial score (nSPS) is 19.6. The van der Waals surface area contributed by atoms with Crippen molar-refractivity contribution in [2.75, 3.05) is 13.2 Å². The highest BCUT2D eigenvalue weighted by Crippen LogP contribution is 2.46. The molecule has 328 valence electrons. The molecule has 1 aromatic rings. The maximum atomic E-state index is 12.3. The Morgan fingerprint density at radius 1 is 0.719 bits per heavy atom. The van der Waals surface area contributed by atoms with Crippen LogP contribution in [0, 0.1) is 22.0 Å². The molecular formula is C45H83NO8Si3. The van der Waals surface area contributed by atoms with Gasteiger partial charge in [0.15, 0.2) is 25.0 Å². The van der Waals surface area contributed by atoms with Gasteiger partial charge in [-0.15, -0.1) is 10.1 Å². The molecule has 1 saturated carbocycles. The molecule has 0 unspecified atom stereocenters. The lowest BCUT2D eigenvalue weighted by molar-refractivity contribution is -0.757. The van der Waals surface area contributed by atoms with E-state index in [0.29, 0.717) is 31.1 Å². The third-order valence-electron chi connectivity index (χ3n) is 13.7. The first-order valence-electron chi connectivity index (χ1n) is 23.1. The topological polar surface area (TPSA) is 106 Å². The molecule has 0 aromatic heterocycles. The number of allylic oxidation sites excluding steroid dienone is 2. The fourth-order valence-electron chi connectivity index (χ4n) is 9.08. The number of hydrogen-bond acceptors (Lipinski definition) is 8. The minimum atomic E-state index is -1.86. The second-order valence-electron chi connectivity index (χ2n) is 16.5. The van der Waals surface area contributed by atoms with Crippen LogP contribution in [0.1, 0.15) is 145 Å². The first kappa shape index (κ1) is 51.3. The fraction of sp³-hybridized carbons (Fsp3) is 0.800. The number of carbonyl (C=O) groups excluding carboxylic acids is 1. The molecule has 0 N–H and O–H groups in total. The van der Waals surface area contributed by atoms with Crippen LogP contribution >= 0.6 is 0 Å². The van der Waals surface area contributed by atoms with Crippen molar-refractivity contribution in [1.29, 1.82) is 0 Å². The van der Waals surface area contributed by atoms with E-state index in [-0.39, 0.29) is 37.5 Å². The average molecular weight is 850 g/mol. The number of carbonyl (C=O) groups is 1. The van der Waals surface area contributed by atoms with Crippen LogP contribution in [0.25, 0.3) is 0 Å². The number of hydrogen-bond donors (Lipinski definition) is 0. The van der Waals surface area contributed by atoms with Crippen molar-refractivity contribution in [3.8, 4) is 0 Å². The van der Waals surface area contributed by atoms with Gasteiger partial charge >= 0.3 is 5.97 Å². The highest BCUT2D eigenvalue weighted by molar-refractivity contribution is 6.74. The molecule has 1 fully saturated rings. The van der Waals surface area contributed by atoms with Crippen LogP contribution in [-0.4, -0.2) is 61.4 Å². The van der Waals surface area contributed by atoms with Gasteiger partial charge in [-0.2, -0.15) is 0 Å². The maximum Gasteiger partial charge on any atom is 0.305 e. The van der Waals surface area contributed by atoms with Crippen molar-refractivity contribution < 1.29 is 32.7 Å². The Labute approximate surface area is 351 Å². The molecule has 1 aliphatic carbocycles. The second-order valence-corrected chi connectivity index (χ2v) is 30.7. The summed E-state index contributed by atoms with van der Waals surface area (Å²) in [6.45, 7) is 21.3. The van der Waals surface area contributed by atoms with Crippen LogP contribution in [0.5, 0.6) is 0 Å². The van der Waals surface area contributed by atoms with E-state index in [2.05, 4.69) is 110 Å². The zero-order valence-electron chi connectivity index (χ0n) is 37.7. The standard InChI is InChI=1S/C45H83NO8Si3/c1-10-55(11-2,12-3)52-42(39-30-22-21-23-31-39)34-27-26-33-41-40(32-24-19-20-25-35-45(47)50-36-28-29-37-51-46(48)49)43(53-56(13-4,14-5)15-6)38-44(41)54-57(16-7,17-8)18-9/h19,21-24,30-31,40-44H,10-18,20,25-29,32-38H2,1-9H3/b24-19-/t40-,41-,42-,43+,44-/m1/s1. The van der Waals surface area contributed by atoms with Gasteiger partial charge in [-0.05, 0) is 123 Å². The predicted molar refractivity (Wildman–Crippen MR) is 242 cm³/mol. The molecule has 0 spiro atoms. The smallest absolute Gasteiger partial charge is 0.305 e. The van der Waals surface area contributed by atoms with Crippen LogP contribution in [0.2, 0.25) is 54.4 Å². The summed E-state index contributed by atoms with van der Waals surface area (Å²) < 4.78 is 27.4. The number of rotatable bonds is 33. The molecule has 0 heterocycles. The lowest BCUT2D eigenvalue weighted by Gasteiger charge is -2.36. The van der Waals surface area contributed by atoms with Gasteiger partial charge in [0, 0.05) is 6.42 Å². The number of benzene rings is 1. The number of unbranched alkanes of at least 4 members (excludes halogenated alkanes) is 3. The molecule has 12 heteroatoms. The zero-order valence-corrected chi connectivity index (χ0v) is 40.7. The van der Waals surface area contributed by atoms with Crippen LogP contribution < -0.4 is 0 Å². The molecular weight excluding hydrogens is 767 g/mol. The van der Waals surface area contributed by atoms with Crippen molar-refractivity contribution in [2.45, 2.75) is 206 Å². The Morgan fingerprint density at radius 3 is 1.81 bits per heavy atom. The van der Waals surface area contributed by atoms with E-state index in [1.807, 2.05) is 0 Å². The van der Waals surface area contributed by atoms with Crippen molar-refractivity contribution in [2.24, 2.45) is 11.8 Å². The molecule has 1 aromatic carbocycles. The number of ether oxygens (including phenoxy) is 1. The van der Waals surface area contributed by atoms with Gasteiger partial charge in [-0.1, -0.05) is 118 Å². The summed E-state index contributed by atoms with van der Waals surface area (Å²) in [4.78, 5) is 26.9. The summed E-state index contributed by atoms with van der Waals surface area (Å²) >= 11 is 0. The minimum Gasteiger partial charge on any atom is -0.466 e. The van der Waals surface area contributed by atoms with Gasteiger partial charge in [0.2, 0.25) is 0 Å². The second kappa shape index (κ2) is 27.8. The SMILES string of the molecule is CC[Si](CC)(CC)O[C@H]1C[C@@H](O[Si](CC)(CC)CC)[C@H](CCCC[C@@H](O[Si](CC)(CC)CC)c2ccccc2)[C@H]1C/C=C\CCCC(=O)OCCCCO[N+](=O)[O-]. The first-order valence-corrected chi connectivity index (χ1v) is 30.7. The van der Waals surface area contributed by atoms with Gasteiger partial charge in [-0.3, -0.25) is 4.79 Å². The van der Waals surface area contributed by atoms with Crippen molar-refractivity contribution in [1.82, 2.24) is 0 Å². The van der Waals surface area contributed by atoms with Crippen LogP contribution in [-0.2, 0) is 27.6 Å². The summed E-state index contributed by atoms with van der Waals surface area (Å²) in [5, 5.41) is 9.49. The van der Waals surface area contributed by atoms with E-state index in [0.717, 1.165) is 106 Å². The van der Waals surface area contributed by atoms with Gasteiger partial charge in [0.25, 0.3) is 5.09 Å².